The number of aryl methyl sites for hydroxylation is 1. The lowest BCUT2D eigenvalue weighted by atomic mass is 10.1. The lowest BCUT2D eigenvalue weighted by Gasteiger charge is -1.98. The highest BCUT2D eigenvalue weighted by atomic mass is 32.2. The summed E-state index contributed by atoms with van der Waals surface area (Å²) in [5.74, 6) is 0. The van der Waals surface area contributed by atoms with Gasteiger partial charge in [0.25, 0.3) is 10.1 Å². The molecule has 4 atom stereocenters. The van der Waals surface area contributed by atoms with Crippen LogP contribution in [-0.4, -0.2) is 19.2 Å². The average molecular weight is 523 g/mol. The largest absolute Gasteiger partial charge is 1.00 e. The Labute approximate surface area is 171 Å². The Morgan fingerprint density at radius 3 is 1.43 bits per heavy atom. The summed E-state index contributed by atoms with van der Waals surface area (Å²) in [6.07, 6.45) is 0.715. The molecule has 168 valence electrons. The zero-order chi connectivity index (χ0) is 22.4. The normalized spacial score (nSPS) is 36.4. The van der Waals surface area contributed by atoms with E-state index in [1.54, 1.807) is 0 Å². The van der Waals surface area contributed by atoms with Gasteiger partial charge in [0, 0.05) is 0 Å². The number of hydrogen-bond donors (Lipinski definition) is 1. The summed E-state index contributed by atoms with van der Waals surface area (Å²) < 4.78 is 90.4. The molecule has 13 nitrogen and oxygen atoms in total. The zero-order valence-electron chi connectivity index (χ0n) is 16.1. The van der Waals surface area contributed by atoms with Crippen LogP contribution in [0.2, 0.25) is 0 Å². The van der Waals surface area contributed by atoms with Crippen molar-refractivity contribution < 1.29 is 60.0 Å². The predicted octanol–water partition coefficient (Wildman–Crippen LogP) is 5.32. The molecule has 18 heteroatoms. The van der Waals surface area contributed by atoms with Gasteiger partial charge in [0.05, 0.1) is 6.26 Å². The minimum Gasteiger partial charge on any atom is -1.00 e. The molecule has 2 aromatic rings. The molecule has 4 aliphatic rings. The van der Waals surface area contributed by atoms with Crippen molar-refractivity contribution in [2.75, 3.05) is 6.26 Å². The summed E-state index contributed by atoms with van der Waals surface area (Å²) in [7, 11) is -16.0. The minimum atomic E-state index is -3.67. The average Bonchev–Trinajstić information content (AvgIpc) is 3.22. The quantitative estimate of drug-likeness (QED) is 0.203. The number of benzene rings is 2. The lowest BCUT2D eigenvalue weighted by molar-refractivity contribution is -0.100. The SMILES string of the molecule is CS(=O)(=O)O.Cc1ccc2ccccc2c1.O=P12OOP1(=O)O2.O=P12OOP1(=O)O2.[H-]. The van der Waals surface area contributed by atoms with E-state index in [-0.39, 0.29) is 1.43 Å². The maximum atomic E-state index is 10.2. The summed E-state index contributed by atoms with van der Waals surface area (Å²) in [6.45, 7) is 2.12. The van der Waals surface area contributed by atoms with Gasteiger partial charge in [0.2, 0.25) is 0 Å². The van der Waals surface area contributed by atoms with E-state index in [1.807, 2.05) is 0 Å². The Kier molecular flexibility index (Phi) is 6.39. The van der Waals surface area contributed by atoms with Crippen LogP contribution in [0.4, 0.5) is 0 Å². The van der Waals surface area contributed by atoms with E-state index >= 15 is 0 Å². The van der Waals surface area contributed by atoms with E-state index in [2.05, 4.69) is 76.7 Å². The maximum Gasteiger partial charge on any atom is 0.478 e. The molecule has 4 heterocycles. The van der Waals surface area contributed by atoms with Gasteiger partial charge in [0.15, 0.2) is 0 Å². The highest BCUT2D eigenvalue weighted by molar-refractivity contribution is 8.42. The van der Waals surface area contributed by atoms with Crippen LogP contribution in [0.1, 0.15) is 6.99 Å². The van der Waals surface area contributed by atoms with Crippen LogP contribution in [0.5, 0.6) is 0 Å². The molecule has 0 spiro atoms. The number of rotatable bonds is 0. The van der Waals surface area contributed by atoms with Crippen molar-refractivity contribution >= 4 is 50.0 Å². The van der Waals surface area contributed by atoms with E-state index in [1.165, 1.54) is 16.3 Å². The molecule has 4 unspecified atom stereocenters. The number of hydrogen-bond acceptors (Lipinski definition) is 12. The molecule has 0 amide bonds. The molecule has 0 bridgehead atoms. The van der Waals surface area contributed by atoms with Gasteiger partial charge >= 0.3 is 29.1 Å². The Morgan fingerprint density at radius 2 is 1.13 bits per heavy atom. The third kappa shape index (κ3) is 5.37. The molecule has 4 aliphatic heterocycles. The first kappa shape index (κ1) is 23.9. The van der Waals surface area contributed by atoms with E-state index in [9.17, 15) is 26.7 Å². The highest BCUT2D eigenvalue weighted by Gasteiger charge is 2.82. The Balaban J connectivity index is 0.000000152. The van der Waals surface area contributed by atoms with Gasteiger partial charge in [-0.2, -0.15) is 8.42 Å². The molecular formula is C12H15O13P4S-. The topological polar surface area (TPSA) is 185 Å². The fourth-order valence-electron chi connectivity index (χ4n) is 1.88. The summed E-state index contributed by atoms with van der Waals surface area (Å²) in [4.78, 5) is 0. The summed E-state index contributed by atoms with van der Waals surface area (Å²) in [6, 6.07) is 14.9. The molecule has 4 saturated heterocycles. The molecule has 2 aromatic carbocycles. The molecule has 0 aromatic heterocycles. The van der Waals surface area contributed by atoms with Crippen molar-refractivity contribution in [1.82, 2.24) is 0 Å². The third-order valence-corrected chi connectivity index (χ3v) is 13.1. The second-order valence-electron chi connectivity index (χ2n) is 5.92. The third-order valence-electron chi connectivity index (χ3n) is 3.31. The van der Waals surface area contributed by atoms with Gasteiger partial charge in [-0.3, -0.25) is 4.55 Å². The molecule has 4 fully saturated rings. The van der Waals surface area contributed by atoms with E-state index in [0.717, 1.165) is 0 Å². The van der Waals surface area contributed by atoms with Crippen molar-refractivity contribution in [3.8, 4) is 0 Å². The lowest BCUT2D eigenvalue weighted by Crippen LogP contribution is -1.88. The maximum absolute atomic E-state index is 10.2. The van der Waals surface area contributed by atoms with Crippen molar-refractivity contribution in [2.24, 2.45) is 0 Å². The number of fused-ring (bicyclic) bond motifs is 3. The minimum absolute atomic E-state index is 0. The first-order valence-corrected chi connectivity index (χ1v) is 17.1. The van der Waals surface area contributed by atoms with Crippen LogP contribution in [0.3, 0.4) is 0 Å². The predicted molar refractivity (Wildman–Crippen MR) is 104 cm³/mol. The second-order valence-corrected chi connectivity index (χ2v) is 18.9. The van der Waals surface area contributed by atoms with Crippen molar-refractivity contribution in [3.63, 3.8) is 0 Å². The Hall–Kier alpha value is -0.710. The standard InChI is InChI=1S/C11H10.CH4O3S.2O5P2.H/c1-9-6-7-10-4-2-3-5-11(10)8-9;1-5(2,3)4;2*1-6-3-4-7(6,2)5-6;/h2-8H,1H3;1H3,(H,2,3,4);;;/q;;;;-1. The molecule has 1 N–H and O–H groups in total. The fraction of sp³-hybridized carbons (Fsp3) is 0.167. The van der Waals surface area contributed by atoms with Gasteiger partial charge in [-0.1, -0.05) is 48.0 Å². The van der Waals surface area contributed by atoms with Gasteiger partial charge in [-0.25, -0.2) is 26.9 Å². The highest BCUT2D eigenvalue weighted by Crippen LogP contribution is 3.11. The van der Waals surface area contributed by atoms with Crippen LogP contribution in [0.25, 0.3) is 10.8 Å². The van der Waals surface area contributed by atoms with Gasteiger partial charge in [0.1, 0.15) is 0 Å². The molecule has 30 heavy (non-hydrogen) atoms. The van der Waals surface area contributed by atoms with Gasteiger partial charge < -0.3 is 1.43 Å². The molecule has 0 radical (unpaired) electrons. The van der Waals surface area contributed by atoms with E-state index < -0.39 is 39.3 Å². The summed E-state index contributed by atoms with van der Waals surface area (Å²) in [5, 5.41) is 2.64. The molecule has 0 aliphatic carbocycles. The fourth-order valence-corrected chi connectivity index (χ4v) is 8.56. The molecule has 6 rings (SSSR count). The van der Waals surface area contributed by atoms with Crippen LogP contribution in [-0.2, 0) is 55.7 Å². The smallest absolute Gasteiger partial charge is 0.478 e. The summed E-state index contributed by atoms with van der Waals surface area (Å²) >= 11 is 0. The molecular weight excluding hydrogens is 508 g/mol. The van der Waals surface area contributed by atoms with E-state index in [0.29, 0.717) is 6.26 Å². The summed E-state index contributed by atoms with van der Waals surface area (Å²) in [5.41, 5.74) is 1.32. The van der Waals surface area contributed by atoms with E-state index in [4.69, 9.17) is 4.55 Å². The van der Waals surface area contributed by atoms with Crippen molar-refractivity contribution in [3.05, 3.63) is 48.0 Å². The zero-order valence-corrected chi connectivity index (χ0v) is 19.5. The van der Waals surface area contributed by atoms with Crippen LogP contribution >= 0.6 is 29.1 Å². The van der Waals surface area contributed by atoms with Crippen molar-refractivity contribution in [2.45, 2.75) is 6.92 Å². The van der Waals surface area contributed by atoms with Crippen LogP contribution < -0.4 is 0 Å². The van der Waals surface area contributed by atoms with Crippen LogP contribution in [0, 0.1) is 6.92 Å². The Morgan fingerprint density at radius 1 is 0.767 bits per heavy atom. The monoisotopic (exact) mass is 523 g/mol. The van der Waals surface area contributed by atoms with Crippen molar-refractivity contribution in [1.29, 1.82) is 0 Å². The van der Waals surface area contributed by atoms with Gasteiger partial charge in [-0.15, -0.1) is 18.7 Å². The van der Waals surface area contributed by atoms with Crippen LogP contribution in [0.15, 0.2) is 42.5 Å². The first-order chi connectivity index (χ1) is 13.7. The molecule has 0 saturated carbocycles. The second kappa shape index (κ2) is 8.01. The van der Waals surface area contributed by atoms with Gasteiger partial charge in [-0.05, 0) is 17.7 Å². The Bertz CT molecular complexity index is 1200. The first-order valence-electron chi connectivity index (χ1n) is 7.66.